The summed E-state index contributed by atoms with van der Waals surface area (Å²) in [5.41, 5.74) is 0. The second-order valence-electron chi connectivity index (χ2n) is 5.72. The van der Waals surface area contributed by atoms with E-state index < -0.39 is 71.5 Å². The molecule has 1 rings (SSSR count). The second-order valence-corrected chi connectivity index (χ2v) is 6.73. The third-order valence-electron chi connectivity index (χ3n) is 3.28. The quantitative estimate of drug-likeness (QED) is 0.207. The molecule has 0 aromatic rings. The maximum absolute atomic E-state index is 11.5. The van der Waals surface area contributed by atoms with Gasteiger partial charge in [-0.2, -0.15) is 0 Å². The molecule has 1 heterocycles. The lowest BCUT2D eigenvalue weighted by atomic mass is 9.96. The average molecular weight is 426 g/mol. The van der Waals surface area contributed by atoms with Crippen molar-refractivity contribution in [3.05, 3.63) is 0 Å². The molecular weight excluding hydrogens is 406 g/mol. The van der Waals surface area contributed by atoms with Crippen molar-refractivity contribution in [3.63, 3.8) is 0 Å². The lowest BCUT2D eigenvalue weighted by molar-refractivity contribution is -0.263. The predicted octanol–water partition coefficient (Wildman–Crippen LogP) is -1.88. The maximum Gasteiger partial charge on any atom is 0.305 e. The van der Waals surface area contributed by atoms with E-state index in [0.717, 1.165) is 27.7 Å². The SMILES string of the molecule is CC(=O)N[C@H]1[C@@H](OC(C)=O)O[C@H](COC(C)=O)[C@@H](OS(=O)(=O)[O-])[C@@H]1OC(C)=O. The molecule has 0 unspecified atom stereocenters. The Morgan fingerprint density at radius 1 is 0.964 bits per heavy atom. The van der Waals surface area contributed by atoms with Crippen LogP contribution in [0.4, 0.5) is 0 Å². The summed E-state index contributed by atoms with van der Waals surface area (Å²) in [5.74, 6) is -3.22. The van der Waals surface area contributed by atoms with Crippen molar-refractivity contribution in [1.82, 2.24) is 5.32 Å². The first kappa shape index (κ1) is 23.7. The lowest BCUT2D eigenvalue weighted by Gasteiger charge is -2.44. The molecule has 1 N–H and O–H groups in total. The van der Waals surface area contributed by atoms with E-state index >= 15 is 0 Å². The molecule has 160 valence electrons. The van der Waals surface area contributed by atoms with Gasteiger partial charge in [-0.25, -0.2) is 8.42 Å². The molecule has 1 amide bonds. The van der Waals surface area contributed by atoms with Gasteiger partial charge in [-0.3, -0.25) is 23.4 Å². The number of ether oxygens (including phenoxy) is 4. The molecule has 0 bridgehead atoms. The van der Waals surface area contributed by atoms with Gasteiger partial charge >= 0.3 is 17.9 Å². The van der Waals surface area contributed by atoms with Gasteiger partial charge in [0.1, 0.15) is 24.9 Å². The van der Waals surface area contributed by atoms with Crippen LogP contribution in [0.1, 0.15) is 27.7 Å². The Hall–Kier alpha value is -2.29. The van der Waals surface area contributed by atoms with Gasteiger partial charge in [0.25, 0.3) is 0 Å². The Morgan fingerprint density at radius 3 is 1.96 bits per heavy atom. The van der Waals surface area contributed by atoms with Crippen molar-refractivity contribution in [2.45, 2.75) is 58.3 Å². The van der Waals surface area contributed by atoms with Crippen LogP contribution >= 0.6 is 0 Å². The van der Waals surface area contributed by atoms with Crippen LogP contribution in [0.25, 0.3) is 0 Å². The predicted molar refractivity (Wildman–Crippen MR) is 84.8 cm³/mol. The zero-order chi connectivity index (χ0) is 21.6. The minimum Gasteiger partial charge on any atom is -0.726 e. The molecule has 0 radical (unpaired) electrons. The first-order valence-electron chi connectivity index (χ1n) is 7.84. The number of hydrogen-bond donors (Lipinski definition) is 1. The summed E-state index contributed by atoms with van der Waals surface area (Å²) in [6.45, 7) is 3.51. The van der Waals surface area contributed by atoms with Crippen molar-refractivity contribution in [1.29, 1.82) is 0 Å². The van der Waals surface area contributed by atoms with E-state index in [1.807, 2.05) is 0 Å². The molecule has 14 heteroatoms. The van der Waals surface area contributed by atoms with Gasteiger partial charge < -0.3 is 28.8 Å². The van der Waals surface area contributed by atoms with Crippen LogP contribution in [0.5, 0.6) is 0 Å². The third-order valence-corrected chi connectivity index (χ3v) is 3.74. The molecule has 1 aliphatic rings. The van der Waals surface area contributed by atoms with Gasteiger partial charge in [-0.15, -0.1) is 0 Å². The highest BCUT2D eigenvalue weighted by molar-refractivity contribution is 7.80. The normalized spacial score (nSPS) is 27.4. The van der Waals surface area contributed by atoms with Crippen molar-refractivity contribution in [2.75, 3.05) is 6.61 Å². The van der Waals surface area contributed by atoms with Gasteiger partial charge in [-0.1, -0.05) is 0 Å². The Kier molecular flexibility index (Phi) is 8.29. The highest BCUT2D eigenvalue weighted by atomic mass is 32.3. The molecule has 1 aliphatic heterocycles. The van der Waals surface area contributed by atoms with Crippen molar-refractivity contribution < 1.29 is 55.3 Å². The van der Waals surface area contributed by atoms with Gasteiger partial charge in [0, 0.05) is 27.7 Å². The summed E-state index contributed by atoms with van der Waals surface area (Å²) in [4.78, 5) is 45.5. The first-order valence-corrected chi connectivity index (χ1v) is 9.18. The molecule has 0 aromatic heterocycles. The minimum atomic E-state index is -5.34. The van der Waals surface area contributed by atoms with Crippen LogP contribution < -0.4 is 5.32 Å². The summed E-state index contributed by atoms with van der Waals surface area (Å²) < 4.78 is 58.0. The number of carbonyl (C=O) groups is 4. The number of amides is 1. The molecule has 5 atom stereocenters. The smallest absolute Gasteiger partial charge is 0.305 e. The van der Waals surface area contributed by atoms with Crippen LogP contribution in [0.2, 0.25) is 0 Å². The topological polar surface area (TPSA) is 184 Å². The summed E-state index contributed by atoms with van der Waals surface area (Å²) in [6, 6.07) is -1.43. The summed E-state index contributed by atoms with van der Waals surface area (Å²) >= 11 is 0. The Bertz CT molecular complexity index is 720. The maximum atomic E-state index is 11.5. The Labute approximate surface area is 160 Å². The number of nitrogens with one attached hydrogen (secondary N) is 1. The van der Waals surface area contributed by atoms with Crippen molar-refractivity contribution in [3.8, 4) is 0 Å². The lowest BCUT2D eigenvalue weighted by Crippen LogP contribution is -2.66. The zero-order valence-corrected chi connectivity index (χ0v) is 16.2. The van der Waals surface area contributed by atoms with E-state index in [-0.39, 0.29) is 0 Å². The van der Waals surface area contributed by atoms with Gasteiger partial charge in [0.2, 0.25) is 22.6 Å². The highest BCUT2D eigenvalue weighted by Crippen LogP contribution is 2.28. The van der Waals surface area contributed by atoms with Crippen LogP contribution in [-0.2, 0) is 52.7 Å². The van der Waals surface area contributed by atoms with Crippen molar-refractivity contribution >= 4 is 34.2 Å². The van der Waals surface area contributed by atoms with Crippen LogP contribution in [0.15, 0.2) is 0 Å². The van der Waals surface area contributed by atoms with Crippen LogP contribution in [0.3, 0.4) is 0 Å². The molecule has 1 fully saturated rings. The number of rotatable bonds is 7. The van der Waals surface area contributed by atoms with E-state index in [0.29, 0.717) is 0 Å². The number of carbonyl (C=O) groups excluding carboxylic acids is 4. The van der Waals surface area contributed by atoms with E-state index in [2.05, 4.69) is 9.50 Å². The number of hydrogen-bond acceptors (Lipinski definition) is 12. The molecule has 1 saturated heterocycles. The van der Waals surface area contributed by atoms with Gasteiger partial charge in [0.15, 0.2) is 6.10 Å². The fraction of sp³-hybridized carbons (Fsp3) is 0.714. The molecule has 0 spiro atoms. The second kappa shape index (κ2) is 9.77. The zero-order valence-electron chi connectivity index (χ0n) is 15.4. The molecule has 28 heavy (non-hydrogen) atoms. The van der Waals surface area contributed by atoms with E-state index in [9.17, 15) is 32.1 Å². The fourth-order valence-electron chi connectivity index (χ4n) is 2.47. The summed E-state index contributed by atoms with van der Waals surface area (Å²) in [7, 11) is -5.34. The molecule has 0 aromatic carbocycles. The average Bonchev–Trinajstić information content (AvgIpc) is 2.48. The molecular formula is C14H20NO12S-. The van der Waals surface area contributed by atoms with Crippen LogP contribution in [-0.4, -0.2) is 74.0 Å². The molecule has 0 saturated carbocycles. The van der Waals surface area contributed by atoms with Gasteiger partial charge in [0.05, 0.1) is 0 Å². The highest BCUT2D eigenvalue weighted by Gasteiger charge is 2.52. The monoisotopic (exact) mass is 426 g/mol. The fourth-order valence-corrected chi connectivity index (χ4v) is 2.98. The van der Waals surface area contributed by atoms with E-state index in [1.54, 1.807) is 0 Å². The first-order chi connectivity index (χ1) is 12.8. The largest absolute Gasteiger partial charge is 0.726 e. The molecule has 13 nitrogen and oxygen atoms in total. The van der Waals surface area contributed by atoms with E-state index in [4.69, 9.17) is 18.9 Å². The number of esters is 3. The third kappa shape index (κ3) is 7.75. The van der Waals surface area contributed by atoms with E-state index in [1.165, 1.54) is 0 Å². The minimum absolute atomic E-state index is 0.627. The standard InChI is InChI=1S/C14H21NO12S/c1-6(16)15-11-13(24-8(3)18)12(27-28(20,21)22)10(5-23-7(2)17)26-14(11)25-9(4)19/h10-14H,5H2,1-4H3,(H,15,16)(H,20,21,22)/p-1/t10-,11-,12-,13-,14+/m1/s1. The van der Waals surface area contributed by atoms with Gasteiger partial charge in [-0.05, 0) is 0 Å². The summed E-state index contributed by atoms with van der Waals surface area (Å²) in [5, 5.41) is 2.29. The summed E-state index contributed by atoms with van der Waals surface area (Å²) in [6.07, 6.45) is -6.51. The van der Waals surface area contributed by atoms with Crippen LogP contribution in [0, 0.1) is 0 Å². The Morgan fingerprint density at radius 2 is 1.54 bits per heavy atom. The van der Waals surface area contributed by atoms with Crippen molar-refractivity contribution in [2.24, 2.45) is 0 Å². The Balaban J connectivity index is 3.37. The molecule has 0 aliphatic carbocycles.